The first-order valence-electron chi connectivity index (χ1n) is 6.30. The second-order valence-electron chi connectivity index (χ2n) is 4.39. The van der Waals surface area contributed by atoms with Crippen LogP contribution in [-0.2, 0) is 14.3 Å². The summed E-state index contributed by atoms with van der Waals surface area (Å²) in [5.41, 5.74) is 7.38. The maximum absolute atomic E-state index is 11.6. The number of nitrogens with two attached hydrogens (primary N) is 1. The minimum absolute atomic E-state index is 0.0293. The first kappa shape index (κ1) is 14.0. The van der Waals surface area contributed by atoms with Crippen LogP contribution in [0, 0.1) is 0 Å². The number of esters is 1. The molecule has 1 heterocycles. The van der Waals surface area contributed by atoms with E-state index in [4.69, 9.17) is 15.2 Å². The fourth-order valence-electron chi connectivity index (χ4n) is 1.83. The highest BCUT2D eigenvalue weighted by atomic mass is 16.5. The molecule has 1 aliphatic rings. The zero-order chi connectivity index (χ0) is 14.7. The van der Waals surface area contributed by atoms with Crippen LogP contribution in [0.1, 0.15) is 13.8 Å². The molecular formula is C13H17N3O4. The van der Waals surface area contributed by atoms with Gasteiger partial charge in [-0.15, -0.1) is 0 Å². The van der Waals surface area contributed by atoms with Crippen molar-refractivity contribution in [3.63, 3.8) is 0 Å². The zero-order valence-corrected chi connectivity index (χ0v) is 11.4. The van der Waals surface area contributed by atoms with E-state index in [0.717, 1.165) is 0 Å². The van der Waals surface area contributed by atoms with Gasteiger partial charge >= 0.3 is 5.97 Å². The monoisotopic (exact) mass is 279 g/mol. The number of hydrogen-bond donors (Lipinski definition) is 3. The summed E-state index contributed by atoms with van der Waals surface area (Å²) >= 11 is 0. The predicted molar refractivity (Wildman–Crippen MR) is 74.7 cm³/mol. The summed E-state index contributed by atoms with van der Waals surface area (Å²) in [7, 11) is 0. The average Bonchev–Trinajstić information content (AvgIpc) is 2.40. The fourth-order valence-corrected chi connectivity index (χ4v) is 1.83. The van der Waals surface area contributed by atoms with Crippen molar-refractivity contribution in [1.82, 2.24) is 0 Å². The quantitative estimate of drug-likeness (QED) is 0.560. The minimum Gasteiger partial charge on any atom is -0.482 e. The summed E-state index contributed by atoms with van der Waals surface area (Å²) in [6.07, 6.45) is 0. The molecular weight excluding hydrogens is 262 g/mol. The summed E-state index contributed by atoms with van der Waals surface area (Å²) in [6.45, 7) is 3.70. The Labute approximate surface area is 116 Å². The molecule has 1 unspecified atom stereocenters. The molecule has 0 aromatic heterocycles. The van der Waals surface area contributed by atoms with Gasteiger partial charge in [0.15, 0.2) is 6.61 Å². The number of rotatable bonds is 4. The van der Waals surface area contributed by atoms with Crippen LogP contribution in [0.3, 0.4) is 0 Å². The van der Waals surface area contributed by atoms with Gasteiger partial charge in [-0.3, -0.25) is 4.79 Å². The zero-order valence-electron chi connectivity index (χ0n) is 11.4. The molecule has 20 heavy (non-hydrogen) atoms. The number of nitrogens with one attached hydrogen (secondary N) is 2. The van der Waals surface area contributed by atoms with E-state index in [1.165, 1.54) is 0 Å². The van der Waals surface area contributed by atoms with E-state index in [9.17, 15) is 9.59 Å². The van der Waals surface area contributed by atoms with Crippen LogP contribution in [0.4, 0.5) is 17.1 Å². The Kier molecular flexibility index (Phi) is 3.97. The van der Waals surface area contributed by atoms with Crippen molar-refractivity contribution in [2.75, 3.05) is 29.6 Å². The van der Waals surface area contributed by atoms with E-state index in [2.05, 4.69) is 10.6 Å². The third-order valence-electron chi connectivity index (χ3n) is 2.80. The molecule has 7 nitrogen and oxygen atoms in total. The van der Waals surface area contributed by atoms with Crippen molar-refractivity contribution >= 4 is 28.9 Å². The molecule has 0 aliphatic carbocycles. The first-order chi connectivity index (χ1) is 9.51. The van der Waals surface area contributed by atoms with Crippen LogP contribution in [-0.4, -0.2) is 31.1 Å². The van der Waals surface area contributed by atoms with Gasteiger partial charge in [-0.25, -0.2) is 4.79 Å². The third-order valence-corrected chi connectivity index (χ3v) is 2.80. The lowest BCUT2D eigenvalue weighted by molar-refractivity contribution is -0.143. The van der Waals surface area contributed by atoms with Crippen molar-refractivity contribution in [1.29, 1.82) is 0 Å². The Morgan fingerprint density at radius 3 is 3.05 bits per heavy atom. The van der Waals surface area contributed by atoms with Crippen molar-refractivity contribution in [2.45, 2.75) is 19.9 Å². The number of nitrogen functional groups attached to an aromatic ring is 1. The van der Waals surface area contributed by atoms with Gasteiger partial charge in [0, 0.05) is 6.07 Å². The molecule has 0 saturated carbocycles. The molecule has 108 valence electrons. The number of carbonyl (C=O) groups is 2. The molecule has 0 spiro atoms. The predicted octanol–water partition coefficient (Wildman–Crippen LogP) is 0.963. The van der Waals surface area contributed by atoms with Gasteiger partial charge in [0.2, 0.25) is 0 Å². The third kappa shape index (κ3) is 2.93. The average molecular weight is 279 g/mol. The second-order valence-corrected chi connectivity index (χ2v) is 4.39. The SMILES string of the molecule is CCOC(=O)C(C)Nc1cc2c(cc1N)OCC(=O)N2. The molecule has 1 amide bonds. The van der Waals surface area contributed by atoms with Crippen LogP contribution in [0.25, 0.3) is 0 Å². The number of benzene rings is 1. The lowest BCUT2D eigenvalue weighted by Gasteiger charge is -2.21. The highest BCUT2D eigenvalue weighted by Gasteiger charge is 2.20. The maximum Gasteiger partial charge on any atom is 0.328 e. The number of anilines is 3. The van der Waals surface area contributed by atoms with E-state index < -0.39 is 6.04 Å². The largest absolute Gasteiger partial charge is 0.482 e. The molecule has 0 bridgehead atoms. The summed E-state index contributed by atoms with van der Waals surface area (Å²) in [5.74, 6) is -0.0898. The molecule has 0 radical (unpaired) electrons. The molecule has 1 aromatic carbocycles. The van der Waals surface area contributed by atoms with Gasteiger partial charge in [0.25, 0.3) is 5.91 Å². The molecule has 0 fully saturated rings. The fraction of sp³-hybridized carbons (Fsp3) is 0.385. The van der Waals surface area contributed by atoms with Crippen molar-refractivity contribution < 1.29 is 19.1 Å². The van der Waals surface area contributed by atoms with Gasteiger partial charge in [-0.1, -0.05) is 0 Å². The molecule has 1 aliphatic heterocycles. The Bertz CT molecular complexity index is 545. The Hall–Kier alpha value is -2.44. The van der Waals surface area contributed by atoms with Gasteiger partial charge in [0.1, 0.15) is 11.8 Å². The van der Waals surface area contributed by atoms with E-state index in [1.807, 2.05) is 0 Å². The smallest absolute Gasteiger partial charge is 0.328 e. The van der Waals surface area contributed by atoms with Gasteiger partial charge < -0.3 is 25.8 Å². The van der Waals surface area contributed by atoms with E-state index in [1.54, 1.807) is 26.0 Å². The highest BCUT2D eigenvalue weighted by Crippen LogP contribution is 2.35. The lowest BCUT2D eigenvalue weighted by atomic mass is 10.2. The van der Waals surface area contributed by atoms with Gasteiger partial charge in [-0.05, 0) is 19.9 Å². The van der Waals surface area contributed by atoms with Crippen LogP contribution < -0.4 is 21.1 Å². The van der Waals surface area contributed by atoms with Crippen molar-refractivity contribution in [2.24, 2.45) is 0 Å². The molecule has 1 aromatic rings. The van der Waals surface area contributed by atoms with Crippen LogP contribution >= 0.6 is 0 Å². The summed E-state index contributed by atoms with van der Waals surface area (Å²) in [4.78, 5) is 22.9. The van der Waals surface area contributed by atoms with Crippen LogP contribution in [0.5, 0.6) is 5.75 Å². The van der Waals surface area contributed by atoms with Crippen LogP contribution in [0.2, 0.25) is 0 Å². The van der Waals surface area contributed by atoms with Crippen LogP contribution in [0.15, 0.2) is 12.1 Å². The lowest BCUT2D eigenvalue weighted by Crippen LogP contribution is -2.29. The molecule has 0 saturated heterocycles. The maximum atomic E-state index is 11.6. The van der Waals surface area contributed by atoms with E-state index in [0.29, 0.717) is 29.4 Å². The summed E-state index contributed by atoms with van der Waals surface area (Å²) in [6, 6.07) is 2.70. The van der Waals surface area contributed by atoms with Gasteiger partial charge in [0.05, 0.1) is 23.7 Å². The normalized spacial score (nSPS) is 14.6. The molecule has 4 N–H and O–H groups in total. The summed E-state index contributed by atoms with van der Waals surface area (Å²) in [5, 5.41) is 5.63. The molecule has 7 heteroatoms. The van der Waals surface area contributed by atoms with Crippen molar-refractivity contribution in [3.05, 3.63) is 12.1 Å². The topological polar surface area (TPSA) is 103 Å². The Balaban J connectivity index is 2.18. The number of fused-ring (bicyclic) bond motifs is 1. The van der Waals surface area contributed by atoms with E-state index in [-0.39, 0.29) is 18.5 Å². The standard InChI is InChI=1S/C13H17N3O4/c1-3-19-13(18)7(2)15-9-5-10-11(4-8(9)14)20-6-12(17)16-10/h4-5,7,15H,3,6,14H2,1-2H3,(H,16,17). The molecule has 2 rings (SSSR count). The minimum atomic E-state index is -0.546. The van der Waals surface area contributed by atoms with Gasteiger partial charge in [-0.2, -0.15) is 0 Å². The number of hydrogen-bond acceptors (Lipinski definition) is 6. The number of ether oxygens (including phenoxy) is 2. The Morgan fingerprint density at radius 1 is 1.60 bits per heavy atom. The first-order valence-corrected chi connectivity index (χ1v) is 6.30. The highest BCUT2D eigenvalue weighted by molar-refractivity contribution is 5.97. The number of amides is 1. The second kappa shape index (κ2) is 5.68. The van der Waals surface area contributed by atoms with Crippen molar-refractivity contribution in [3.8, 4) is 5.75 Å². The van der Waals surface area contributed by atoms with E-state index >= 15 is 0 Å². The Morgan fingerprint density at radius 2 is 2.35 bits per heavy atom. The molecule has 1 atom stereocenters. The number of carbonyl (C=O) groups excluding carboxylic acids is 2. The summed E-state index contributed by atoms with van der Waals surface area (Å²) < 4.78 is 10.2.